The van der Waals surface area contributed by atoms with E-state index in [4.69, 9.17) is 5.73 Å². The second-order valence-corrected chi connectivity index (χ2v) is 4.80. The first-order valence-electron chi connectivity index (χ1n) is 6.44. The molecule has 1 heterocycles. The van der Waals surface area contributed by atoms with E-state index < -0.39 is 11.7 Å². The maximum absolute atomic E-state index is 13.1. The highest BCUT2D eigenvalue weighted by Crippen LogP contribution is 2.37. The summed E-state index contributed by atoms with van der Waals surface area (Å²) < 4.78 is 39.2. The van der Waals surface area contributed by atoms with Gasteiger partial charge in [0.25, 0.3) is 0 Å². The molecule has 1 aromatic carbocycles. The van der Waals surface area contributed by atoms with Gasteiger partial charge in [0.05, 0.1) is 5.56 Å². The van der Waals surface area contributed by atoms with Crippen molar-refractivity contribution < 1.29 is 13.2 Å². The van der Waals surface area contributed by atoms with E-state index in [-0.39, 0.29) is 11.4 Å². The minimum Gasteiger partial charge on any atom is -0.399 e. The van der Waals surface area contributed by atoms with Crippen molar-refractivity contribution in [3.05, 3.63) is 53.9 Å². The van der Waals surface area contributed by atoms with Crippen molar-refractivity contribution >= 4 is 11.4 Å². The van der Waals surface area contributed by atoms with Crippen molar-refractivity contribution in [2.75, 3.05) is 24.2 Å². The highest BCUT2D eigenvalue weighted by Gasteiger charge is 2.34. The van der Waals surface area contributed by atoms with Crippen LogP contribution in [-0.2, 0) is 12.6 Å². The van der Waals surface area contributed by atoms with Crippen LogP contribution in [0, 0.1) is 0 Å². The van der Waals surface area contributed by atoms with Gasteiger partial charge in [0.15, 0.2) is 0 Å². The number of nitrogen functional groups attached to an aromatic ring is 1. The molecular formula is C15H16F3N3. The zero-order valence-electron chi connectivity index (χ0n) is 11.6. The van der Waals surface area contributed by atoms with Crippen LogP contribution in [0.5, 0.6) is 0 Å². The van der Waals surface area contributed by atoms with Gasteiger partial charge in [-0.15, -0.1) is 0 Å². The molecule has 3 nitrogen and oxygen atoms in total. The van der Waals surface area contributed by atoms with E-state index in [0.29, 0.717) is 13.0 Å². The Hall–Kier alpha value is -2.24. The van der Waals surface area contributed by atoms with Crippen LogP contribution >= 0.6 is 0 Å². The van der Waals surface area contributed by atoms with Gasteiger partial charge >= 0.3 is 6.18 Å². The van der Waals surface area contributed by atoms with Crippen molar-refractivity contribution in [3.63, 3.8) is 0 Å². The van der Waals surface area contributed by atoms with E-state index in [0.717, 1.165) is 11.6 Å². The largest absolute Gasteiger partial charge is 0.418 e. The number of likely N-dealkylation sites (N-methyl/N-ethyl adjacent to an activating group) is 1. The van der Waals surface area contributed by atoms with Crippen LogP contribution in [0.15, 0.2) is 42.7 Å². The normalized spacial score (nSPS) is 11.4. The standard InChI is InChI=1S/C15H16F3N3/c1-21(9-6-11-4-7-20-8-5-11)14-3-2-12(19)10-13(14)15(16,17)18/h2-5,7-8,10H,6,9,19H2,1H3. The molecule has 2 rings (SSSR count). The lowest BCUT2D eigenvalue weighted by atomic mass is 10.1. The number of benzene rings is 1. The number of nitrogens with zero attached hydrogens (tertiary/aromatic N) is 2. The lowest BCUT2D eigenvalue weighted by Gasteiger charge is -2.24. The Morgan fingerprint density at radius 1 is 1.14 bits per heavy atom. The van der Waals surface area contributed by atoms with Gasteiger partial charge in [-0.05, 0) is 42.3 Å². The molecule has 0 fully saturated rings. The van der Waals surface area contributed by atoms with Crippen molar-refractivity contribution in [2.45, 2.75) is 12.6 Å². The van der Waals surface area contributed by atoms with E-state index >= 15 is 0 Å². The Kier molecular flexibility index (Phi) is 4.35. The first-order chi connectivity index (χ1) is 9.88. The highest BCUT2D eigenvalue weighted by atomic mass is 19.4. The lowest BCUT2D eigenvalue weighted by Crippen LogP contribution is -2.24. The molecule has 6 heteroatoms. The summed E-state index contributed by atoms with van der Waals surface area (Å²) in [6.45, 7) is 0.469. The molecule has 0 aliphatic carbocycles. The molecule has 112 valence electrons. The number of aromatic nitrogens is 1. The van der Waals surface area contributed by atoms with Gasteiger partial charge < -0.3 is 10.6 Å². The number of rotatable bonds is 4. The Balaban J connectivity index is 2.17. The minimum absolute atomic E-state index is 0.105. The second-order valence-electron chi connectivity index (χ2n) is 4.80. The zero-order valence-corrected chi connectivity index (χ0v) is 11.6. The van der Waals surface area contributed by atoms with Crippen LogP contribution in [0.4, 0.5) is 24.5 Å². The molecule has 21 heavy (non-hydrogen) atoms. The highest BCUT2D eigenvalue weighted by molar-refractivity contribution is 5.60. The van der Waals surface area contributed by atoms with Gasteiger partial charge in [-0.2, -0.15) is 13.2 Å². The number of anilines is 2. The molecule has 0 aliphatic heterocycles. The maximum atomic E-state index is 13.1. The molecule has 0 atom stereocenters. The average molecular weight is 295 g/mol. The molecule has 0 saturated carbocycles. The quantitative estimate of drug-likeness (QED) is 0.879. The van der Waals surface area contributed by atoms with Gasteiger partial charge in [-0.3, -0.25) is 4.98 Å². The summed E-state index contributed by atoms with van der Waals surface area (Å²) in [6, 6.07) is 7.56. The summed E-state index contributed by atoms with van der Waals surface area (Å²) >= 11 is 0. The Morgan fingerprint density at radius 2 is 1.81 bits per heavy atom. The van der Waals surface area contributed by atoms with Crippen LogP contribution < -0.4 is 10.6 Å². The van der Waals surface area contributed by atoms with Gasteiger partial charge in [0.2, 0.25) is 0 Å². The van der Waals surface area contributed by atoms with Gasteiger partial charge in [0, 0.05) is 37.4 Å². The molecule has 0 radical (unpaired) electrons. The van der Waals surface area contributed by atoms with Crippen molar-refractivity contribution in [1.29, 1.82) is 0 Å². The second kappa shape index (κ2) is 6.03. The van der Waals surface area contributed by atoms with Gasteiger partial charge in [-0.1, -0.05) is 0 Å². The fourth-order valence-corrected chi connectivity index (χ4v) is 2.08. The van der Waals surface area contributed by atoms with Crippen LogP contribution in [0.25, 0.3) is 0 Å². The van der Waals surface area contributed by atoms with Crippen molar-refractivity contribution in [1.82, 2.24) is 4.98 Å². The first-order valence-corrected chi connectivity index (χ1v) is 6.44. The number of nitrogens with two attached hydrogens (primary N) is 1. The van der Waals surface area contributed by atoms with Crippen molar-refractivity contribution in [3.8, 4) is 0 Å². The van der Waals surface area contributed by atoms with E-state index in [2.05, 4.69) is 4.98 Å². The molecule has 2 N–H and O–H groups in total. The molecule has 0 spiro atoms. The third kappa shape index (κ3) is 3.87. The Bertz CT molecular complexity index is 597. The predicted octanol–water partition coefficient (Wildman–Crippen LogP) is 3.36. The first kappa shape index (κ1) is 15.2. The van der Waals surface area contributed by atoms with E-state index in [1.54, 1.807) is 24.3 Å². The maximum Gasteiger partial charge on any atom is 0.418 e. The summed E-state index contributed by atoms with van der Waals surface area (Å²) in [5.41, 5.74) is 6.02. The molecule has 0 aliphatic rings. The van der Waals surface area contributed by atoms with Gasteiger partial charge in [0.1, 0.15) is 0 Å². The number of hydrogen-bond acceptors (Lipinski definition) is 3. The van der Waals surface area contributed by atoms with E-state index in [1.165, 1.54) is 12.1 Å². The topological polar surface area (TPSA) is 42.2 Å². The van der Waals surface area contributed by atoms with Gasteiger partial charge in [-0.25, -0.2) is 0 Å². The summed E-state index contributed by atoms with van der Waals surface area (Å²) in [4.78, 5) is 5.50. The van der Waals surface area contributed by atoms with Crippen LogP contribution in [-0.4, -0.2) is 18.6 Å². The average Bonchev–Trinajstić information content (AvgIpc) is 2.45. The number of pyridine rings is 1. The third-order valence-electron chi connectivity index (χ3n) is 3.22. The Morgan fingerprint density at radius 3 is 2.43 bits per heavy atom. The monoisotopic (exact) mass is 295 g/mol. The fourth-order valence-electron chi connectivity index (χ4n) is 2.08. The third-order valence-corrected chi connectivity index (χ3v) is 3.22. The van der Waals surface area contributed by atoms with Crippen LogP contribution in [0.3, 0.4) is 0 Å². The number of halogens is 3. The minimum atomic E-state index is -4.42. The fraction of sp³-hybridized carbons (Fsp3) is 0.267. The SMILES string of the molecule is CN(CCc1ccncc1)c1ccc(N)cc1C(F)(F)F. The van der Waals surface area contributed by atoms with E-state index in [1.807, 2.05) is 12.1 Å². The molecule has 1 aromatic heterocycles. The molecule has 0 saturated heterocycles. The van der Waals surface area contributed by atoms with E-state index in [9.17, 15) is 13.2 Å². The summed E-state index contributed by atoms with van der Waals surface area (Å²) in [5, 5.41) is 0. The number of alkyl halides is 3. The summed E-state index contributed by atoms with van der Waals surface area (Å²) in [5.74, 6) is 0. The molecule has 2 aromatic rings. The molecule has 0 amide bonds. The van der Waals surface area contributed by atoms with Crippen molar-refractivity contribution in [2.24, 2.45) is 0 Å². The Labute approximate surface area is 121 Å². The molecule has 0 unspecified atom stereocenters. The smallest absolute Gasteiger partial charge is 0.399 e. The predicted molar refractivity (Wildman–Crippen MR) is 77.1 cm³/mol. The number of hydrogen-bond donors (Lipinski definition) is 1. The lowest BCUT2D eigenvalue weighted by molar-refractivity contribution is -0.137. The molecule has 0 bridgehead atoms. The van der Waals surface area contributed by atoms with Crippen LogP contribution in [0.1, 0.15) is 11.1 Å². The molecular weight excluding hydrogens is 279 g/mol. The summed E-state index contributed by atoms with van der Waals surface area (Å²) in [7, 11) is 1.64. The zero-order chi connectivity index (χ0) is 15.5. The summed E-state index contributed by atoms with van der Waals surface area (Å²) in [6.07, 6.45) is -0.449. The van der Waals surface area contributed by atoms with Crippen LogP contribution in [0.2, 0.25) is 0 Å².